The van der Waals surface area contributed by atoms with Crippen molar-refractivity contribution in [2.45, 2.75) is 29.9 Å². The summed E-state index contributed by atoms with van der Waals surface area (Å²) in [7, 11) is 0. The van der Waals surface area contributed by atoms with Gasteiger partial charge >= 0.3 is 0 Å². The molecule has 0 amide bonds. The molecule has 0 aliphatic carbocycles. The molecule has 0 atom stereocenters. The number of hydrogen-bond donors (Lipinski definition) is 1. The number of rotatable bonds is 4. The first-order valence-electron chi connectivity index (χ1n) is 5.91. The van der Waals surface area contributed by atoms with Crippen molar-refractivity contribution in [3.8, 4) is 5.75 Å². The molecule has 5 heteroatoms. The summed E-state index contributed by atoms with van der Waals surface area (Å²) in [5, 5.41) is 0.919. The summed E-state index contributed by atoms with van der Waals surface area (Å²) in [6.45, 7) is 3.96. The van der Waals surface area contributed by atoms with Gasteiger partial charge in [-0.15, -0.1) is 0 Å². The third-order valence-electron chi connectivity index (χ3n) is 2.29. The van der Waals surface area contributed by atoms with Crippen molar-refractivity contribution in [1.82, 2.24) is 4.98 Å². The van der Waals surface area contributed by atoms with Crippen LogP contribution in [-0.4, -0.2) is 11.1 Å². The van der Waals surface area contributed by atoms with E-state index in [9.17, 15) is 0 Å². The smallest absolute Gasteiger partial charge is 0.143 e. The van der Waals surface area contributed by atoms with E-state index in [-0.39, 0.29) is 6.10 Å². The SMILES string of the molecule is CC(C)Oc1cc(Sc2ncccc2Br)ccc1N. The number of benzene rings is 1. The summed E-state index contributed by atoms with van der Waals surface area (Å²) in [4.78, 5) is 5.38. The summed E-state index contributed by atoms with van der Waals surface area (Å²) >= 11 is 5.06. The number of nitrogens with two attached hydrogens (primary N) is 1. The minimum absolute atomic E-state index is 0.101. The lowest BCUT2D eigenvalue weighted by Gasteiger charge is -2.13. The highest BCUT2D eigenvalue weighted by Crippen LogP contribution is 2.35. The van der Waals surface area contributed by atoms with Crippen molar-refractivity contribution >= 4 is 33.4 Å². The number of halogens is 1. The van der Waals surface area contributed by atoms with E-state index in [4.69, 9.17) is 10.5 Å². The van der Waals surface area contributed by atoms with Gasteiger partial charge in [-0.2, -0.15) is 0 Å². The van der Waals surface area contributed by atoms with Gasteiger partial charge in [-0.3, -0.25) is 0 Å². The number of nitrogen functional groups attached to an aromatic ring is 1. The fraction of sp³-hybridized carbons (Fsp3) is 0.214. The molecule has 0 aliphatic rings. The third kappa shape index (κ3) is 3.88. The zero-order valence-corrected chi connectivity index (χ0v) is 13.2. The van der Waals surface area contributed by atoms with E-state index in [1.165, 1.54) is 0 Å². The van der Waals surface area contributed by atoms with Crippen LogP contribution in [0.2, 0.25) is 0 Å². The van der Waals surface area contributed by atoms with Gasteiger partial charge in [0.1, 0.15) is 10.8 Å². The molecule has 1 aromatic heterocycles. The highest BCUT2D eigenvalue weighted by Gasteiger charge is 2.08. The lowest BCUT2D eigenvalue weighted by Crippen LogP contribution is -2.07. The van der Waals surface area contributed by atoms with Gasteiger partial charge in [-0.05, 0) is 60.1 Å². The van der Waals surface area contributed by atoms with E-state index in [1.54, 1.807) is 18.0 Å². The van der Waals surface area contributed by atoms with Crippen LogP contribution < -0.4 is 10.5 Å². The van der Waals surface area contributed by atoms with Crippen molar-refractivity contribution < 1.29 is 4.74 Å². The Kier molecular flexibility index (Phi) is 4.71. The quantitative estimate of drug-likeness (QED) is 0.841. The van der Waals surface area contributed by atoms with Crippen LogP contribution in [0, 0.1) is 0 Å². The number of ether oxygens (including phenoxy) is 1. The van der Waals surface area contributed by atoms with Gasteiger partial charge in [0.25, 0.3) is 0 Å². The Morgan fingerprint density at radius 3 is 2.79 bits per heavy atom. The largest absolute Gasteiger partial charge is 0.489 e. The average molecular weight is 339 g/mol. The van der Waals surface area contributed by atoms with Gasteiger partial charge in [0.05, 0.1) is 16.3 Å². The number of anilines is 1. The van der Waals surface area contributed by atoms with Crippen molar-refractivity contribution in [1.29, 1.82) is 0 Å². The maximum Gasteiger partial charge on any atom is 0.143 e. The van der Waals surface area contributed by atoms with Crippen LogP contribution in [-0.2, 0) is 0 Å². The molecule has 2 N–H and O–H groups in total. The van der Waals surface area contributed by atoms with E-state index < -0.39 is 0 Å². The van der Waals surface area contributed by atoms with Gasteiger partial charge in [0.15, 0.2) is 0 Å². The molecule has 19 heavy (non-hydrogen) atoms. The monoisotopic (exact) mass is 338 g/mol. The number of nitrogens with zero attached hydrogens (tertiary/aromatic N) is 1. The molecule has 1 aromatic carbocycles. The van der Waals surface area contributed by atoms with Crippen LogP contribution in [0.25, 0.3) is 0 Å². The molecule has 3 nitrogen and oxygen atoms in total. The standard InChI is InChI=1S/C14H15BrN2OS/c1-9(2)18-13-8-10(5-6-12(13)16)19-14-11(15)4-3-7-17-14/h3-9H,16H2,1-2H3. The van der Waals surface area contributed by atoms with Crippen LogP contribution in [0.4, 0.5) is 5.69 Å². The van der Waals surface area contributed by atoms with Gasteiger partial charge in [-0.25, -0.2) is 4.98 Å². The molecule has 0 aliphatic heterocycles. The van der Waals surface area contributed by atoms with Gasteiger partial charge in [-0.1, -0.05) is 11.8 Å². The molecular formula is C14H15BrN2OS. The first-order chi connectivity index (χ1) is 9.06. The predicted molar refractivity (Wildman–Crippen MR) is 82.7 cm³/mol. The Morgan fingerprint density at radius 1 is 1.32 bits per heavy atom. The van der Waals surface area contributed by atoms with Crippen LogP contribution in [0.1, 0.15) is 13.8 Å². The predicted octanol–water partition coefficient (Wildman–Crippen LogP) is 4.36. The van der Waals surface area contributed by atoms with Crippen LogP contribution in [0.3, 0.4) is 0 Å². The fourth-order valence-corrected chi connectivity index (χ4v) is 2.79. The maximum absolute atomic E-state index is 5.90. The maximum atomic E-state index is 5.90. The van der Waals surface area contributed by atoms with Crippen molar-refractivity contribution in [2.24, 2.45) is 0 Å². The van der Waals surface area contributed by atoms with Gasteiger partial charge in [0.2, 0.25) is 0 Å². The van der Waals surface area contributed by atoms with Crippen LogP contribution >= 0.6 is 27.7 Å². The number of pyridine rings is 1. The number of aromatic nitrogens is 1. The molecule has 0 bridgehead atoms. The first kappa shape index (κ1) is 14.2. The normalized spacial score (nSPS) is 10.7. The summed E-state index contributed by atoms with van der Waals surface area (Å²) in [5.41, 5.74) is 6.55. The molecule has 0 unspecified atom stereocenters. The van der Waals surface area contributed by atoms with E-state index in [1.807, 2.05) is 44.2 Å². The lowest BCUT2D eigenvalue weighted by molar-refractivity contribution is 0.243. The highest BCUT2D eigenvalue weighted by atomic mass is 79.9. The molecule has 2 aromatic rings. The fourth-order valence-electron chi connectivity index (χ4n) is 1.49. The molecule has 0 saturated heterocycles. The topological polar surface area (TPSA) is 48.1 Å². The summed E-state index contributed by atoms with van der Waals surface area (Å²) < 4.78 is 6.66. The zero-order chi connectivity index (χ0) is 13.8. The summed E-state index contributed by atoms with van der Waals surface area (Å²) in [5.74, 6) is 0.715. The molecule has 2 rings (SSSR count). The van der Waals surface area contributed by atoms with Gasteiger partial charge in [0, 0.05) is 11.1 Å². The summed E-state index contributed by atoms with van der Waals surface area (Å²) in [6, 6.07) is 9.63. The molecule has 0 spiro atoms. The van der Waals surface area contributed by atoms with E-state index in [0.29, 0.717) is 11.4 Å². The van der Waals surface area contributed by atoms with E-state index >= 15 is 0 Å². The van der Waals surface area contributed by atoms with Gasteiger partial charge < -0.3 is 10.5 Å². The van der Waals surface area contributed by atoms with E-state index in [2.05, 4.69) is 20.9 Å². The second-order valence-corrected chi connectivity index (χ2v) is 6.18. The minimum Gasteiger partial charge on any atom is -0.489 e. The highest BCUT2D eigenvalue weighted by molar-refractivity contribution is 9.10. The molecule has 0 saturated carbocycles. The Labute approximate surface area is 125 Å². The Balaban J connectivity index is 2.24. The number of hydrogen-bond acceptors (Lipinski definition) is 4. The van der Waals surface area contributed by atoms with Crippen molar-refractivity contribution in [3.63, 3.8) is 0 Å². The first-order valence-corrected chi connectivity index (χ1v) is 7.52. The lowest BCUT2D eigenvalue weighted by atomic mass is 10.3. The molecule has 1 heterocycles. The average Bonchev–Trinajstić information content (AvgIpc) is 2.35. The van der Waals surface area contributed by atoms with E-state index in [0.717, 1.165) is 14.4 Å². The van der Waals surface area contributed by atoms with Crippen molar-refractivity contribution in [3.05, 3.63) is 41.0 Å². The van der Waals surface area contributed by atoms with Crippen LogP contribution in [0.5, 0.6) is 5.75 Å². The molecule has 0 fully saturated rings. The molecule has 0 radical (unpaired) electrons. The Morgan fingerprint density at radius 2 is 2.11 bits per heavy atom. The van der Waals surface area contributed by atoms with Crippen molar-refractivity contribution in [2.75, 3.05) is 5.73 Å². The second-order valence-electron chi connectivity index (χ2n) is 4.26. The molecular weight excluding hydrogens is 324 g/mol. The minimum atomic E-state index is 0.101. The Hall–Kier alpha value is -1.20. The second kappa shape index (κ2) is 6.30. The summed E-state index contributed by atoms with van der Waals surface area (Å²) in [6.07, 6.45) is 1.87. The zero-order valence-electron chi connectivity index (χ0n) is 10.8. The third-order valence-corrected chi connectivity index (χ3v) is 4.20. The Bertz CT molecular complexity index is 575. The molecule has 100 valence electrons. The van der Waals surface area contributed by atoms with Crippen LogP contribution in [0.15, 0.2) is 50.9 Å².